The van der Waals surface area contributed by atoms with Gasteiger partial charge in [-0.3, -0.25) is 4.68 Å². The summed E-state index contributed by atoms with van der Waals surface area (Å²) < 4.78 is 13.3. The summed E-state index contributed by atoms with van der Waals surface area (Å²) in [5, 5.41) is 7.54. The maximum Gasteiger partial charge on any atom is 0.157 e. The average Bonchev–Trinajstić information content (AvgIpc) is 3.01. The van der Waals surface area contributed by atoms with Crippen LogP contribution in [-0.2, 0) is 13.2 Å². The van der Waals surface area contributed by atoms with Crippen LogP contribution < -0.4 is 10.1 Å². The first-order valence-electron chi connectivity index (χ1n) is 7.06. The summed E-state index contributed by atoms with van der Waals surface area (Å²) in [5.41, 5.74) is 1.18. The van der Waals surface area contributed by atoms with Crippen molar-refractivity contribution in [2.45, 2.75) is 46.9 Å². The predicted molar refractivity (Wildman–Crippen MR) is 77.8 cm³/mol. The van der Waals surface area contributed by atoms with E-state index in [-0.39, 0.29) is 0 Å². The molecule has 5 nitrogen and oxygen atoms in total. The molecule has 0 fully saturated rings. The highest BCUT2D eigenvalue weighted by Gasteiger charge is 2.08. The molecule has 2 aromatic rings. The largest absolute Gasteiger partial charge is 0.482 e. The molecule has 0 aliphatic carbocycles. The minimum absolute atomic E-state index is 0.338. The van der Waals surface area contributed by atoms with Gasteiger partial charge >= 0.3 is 0 Å². The minimum Gasteiger partial charge on any atom is -0.482 e. The van der Waals surface area contributed by atoms with Gasteiger partial charge in [-0.15, -0.1) is 0 Å². The number of nitrogens with zero attached hydrogens (tertiary/aromatic N) is 2. The molecule has 0 atom stereocenters. The number of aryl methyl sites for hydroxylation is 1. The molecule has 2 aromatic heterocycles. The van der Waals surface area contributed by atoms with E-state index in [9.17, 15) is 0 Å². The van der Waals surface area contributed by atoms with Gasteiger partial charge in [0.1, 0.15) is 18.1 Å². The van der Waals surface area contributed by atoms with Crippen molar-refractivity contribution < 1.29 is 9.15 Å². The molecule has 0 saturated heterocycles. The number of hydrogen-bond acceptors (Lipinski definition) is 4. The van der Waals surface area contributed by atoms with Gasteiger partial charge in [-0.2, -0.15) is 5.10 Å². The highest BCUT2D eigenvalue weighted by molar-refractivity contribution is 5.21. The fourth-order valence-electron chi connectivity index (χ4n) is 1.93. The Hall–Kier alpha value is -1.75. The molecular formula is C15H23N3O2. The lowest BCUT2D eigenvalue weighted by Crippen LogP contribution is -2.11. The summed E-state index contributed by atoms with van der Waals surface area (Å²) in [6, 6.07) is 2.38. The van der Waals surface area contributed by atoms with E-state index < -0.39 is 0 Å². The Kier molecular flexibility index (Phi) is 4.84. The average molecular weight is 277 g/mol. The maximum atomic E-state index is 5.70. The van der Waals surface area contributed by atoms with E-state index in [1.54, 1.807) is 6.20 Å². The Labute approximate surface area is 119 Å². The highest BCUT2D eigenvalue weighted by Crippen LogP contribution is 2.18. The van der Waals surface area contributed by atoms with E-state index in [0.717, 1.165) is 30.4 Å². The van der Waals surface area contributed by atoms with Crippen LogP contribution in [0.5, 0.6) is 5.75 Å². The Bertz CT molecular complexity index is 543. The van der Waals surface area contributed by atoms with Gasteiger partial charge in [0.25, 0.3) is 0 Å². The Morgan fingerprint density at radius 2 is 2.25 bits per heavy atom. The predicted octanol–water partition coefficient (Wildman–Crippen LogP) is 3.05. The summed E-state index contributed by atoms with van der Waals surface area (Å²) in [7, 11) is 0. The second-order valence-electron chi connectivity index (χ2n) is 5.11. The lowest BCUT2D eigenvalue weighted by molar-refractivity contribution is 0.267. The van der Waals surface area contributed by atoms with Crippen LogP contribution in [-0.4, -0.2) is 16.3 Å². The van der Waals surface area contributed by atoms with Gasteiger partial charge in [0.15, 0.2) is 5.75 Å². The number of aromatic nitrogens is 2. The van der Waals surface area contributed by atoms with Crippen molar-refractivity contribution >= 4 is 0 Å². The summed E-state index contributed by atoms with van der Waals surface area (Å²) in [6.45, 7) is 10.4. The molecule has 0 bridgehead atoms. The van der Waals surface area contributed by atoms with Crippen LogP contribution in [0.25, 0.3) is 0 Å². The summed E-state index contributed by atoms with van der Waals surface area (Å²) in [4.78, 5) is 0. The molecule has 0 aromatic carbocycles. The van der Waals surface area contributed by atoms with Crippen LogP contribution >= 0.6 is 0 Å². The van der Waals surface area contributed by atoms with Crippen LogP contribution in [0.1, 0.15) is 43.9 Å². The molecule has 0 spiro atoms. The van der Waals surface area contributed by atoms with Gasteiger partial charge in [0.2, 0.25) is 0 Å². The third kappa shape index (κ3) is 3.63. The van der Waals surface area contributed by atoms with Crippen molar-refractivity contribution in [3.05, 3.63) is 35.5 Å². The van der Waals surface area contributed by atoms with Crippen LogP contribution in [0.15, 0.2) is 22.9 Å². The molecule has 110 valence electrons. The van der Waals surface area contributed by atoms with Crippen LogP contribution in [0.4, 0.5) is 0 Å². The van der Waals surface area contributed by atoms with Crippen LogP contribution in [0.2, 0.25) is 0 Å². The number of nitrogens with one attached hydrogen (secondary N) is 1. The number of rotatable bonds is 7. The van der Waals surface area contributed by atoms with Gasteiger partial charge in [-0.1, -0.05) is 6.92 Å². The van der Waals surface area contributed by atoms with Gasteiger partial charge in [-0.05, 0) is 33.4 Å². The maximum absolute atomic E-state index is 5.70. The standard InChI is InChI=1S/C15H23N3O2/c1-5-16-7-13-6-14(20-12(13)4)10-19-15-8-17-18(9-15)11(2)3/h6,8-9,11,16H,5,7,10H2,1-4H3. The molecule has 0 aliphatic heterocycles. The smallest absolute Gasteiger partial charge is 0.157 e. The zero-order valence-corrected chi connectivity index (χ0v) is 12.6. The second-order valence-corrected chi connectivity index (χ2v) is 5.11. The zero-order valence-electron chi connectivity index (χ0n) is 12.6. The van der Waals surface area contributed by atoms with E-state index in [0.29, 0.717) is 12.6 Å². The monoisotopic (exact) mass is 277 g/mol. The number of ether oxygens (including phenoxy) is 1. The fraction of sp³-hybridized carbons (Fsp3) is 0.533. The van der Waals surface area contributed by atoms with Crippen LogP contribution in [0, 0.1) is 6.92 Å². The summed E-state index contributed by atoms with van der Waals surface area (Å²) in [5.74, 6) is 2.55. The zero-order chi connectivity index (χ0) is 14.5. The fourth-order valence-corrected chi connectivity index (χ4v) is 1.93. The number of hydrogen-bond donors (Lipinski definition) is 1. The molecule has 0 unspecified atom stereocenters. The van der Waals surface area contributed by atoms with E-state index in [1.165, 1.54) is 5.56 Å². The van der Waals surface area contributed by atoms with E-state index in [4.69, 9.17) is 9.15 Å². The second kappa shape index (κ2) is 6.61. The minimum atomic E-state index is 0.338. The molecule has 5 heteroatoms. The Morgan fingerprint density at radius 1 is 1.45 bits per heavy atom. The first-order valence-corrected chi connectivity index (χ1v) is 7.06. The van der Waals surface area contributed by atoms with Crippen molar-refractivity contribution in [1.82, 2.24) is 15.1 Å². The van der Waals surface area contributed by atoms with Gasteiger partial charge in [-0.25, -0.2) is 0 Å². The molecule has 2 heterocycles. The van der Waals surface area contributed by atoms with Crippen LogP contribution in [0.3, 0.4) is 0 Å². The first-order chi connectivity index (χ1) is 9.60. The van der Waals surface area contributed by atoms with Crippen molar-refractivity contribution in [3.63, 3.8) is 0 Å². The van der Waals surface area contributed by atoms with E-state index in [1.807, 2.05) is 23.9 Å². The van der Waals surface area contributed by atoms with Gasteiger partial charge in [0, 0.05) is 18.2 Å². The molecule has 2 rings (SSSR count). The molecule has 0 radical (unpaired) electrons. The molecular weight excluding hydrogens is 254 g/mol. The number of furan rings is 1. The summed E-state index contributed by atoms with van der Waals surface area (Å²) >= 11 is 0. The van der Waals surface area contributed by atoms with Crippen molar-refractivity contribution in [2.75, 3.05) is 6.54 Å². The lowest BCUT2D eigenvalue weighted by Gasteiger charge is -2.03. The van der Waals surface area contributed by atoms with Crippen molar-refractivity contribution in [1.29, 1.82) is 0 Å². The van der Waals surface area contributed by atoms with Gasteiger partial charge < -0.3 is 14.5 Å². The van der Waals surface area contributed by atoms with E-state index >= 15 is 0 Å². The SMILES string of the molecule is CCNCc1cc(COc2cnn(C(C)C)c2)oc1C. The molecule has 0 amide bonds. The summed E-state index contributed by atoms with van der Waals surface area (Å²) in [6.07, 6.45) is 3.63. The Morgan fingerprint density at radius 3 is 2.90 bits per heavy atom. The molecule has 1 N–H and O–H groups in total. The van der Waals surface area contributed by atoms with Crippen molar-refractivity contribution in [2.24, 2.45) is 0 Å². The molecule has 0 aliphatic rings. The quantitative estimate of drug-likeness (QED) is 0.845. The van der Waals surface area contributed by atoms with Crippen molar-refractivity contribution in [3.8, 4) is 5.75 Å². The van der Waals surface area contributed by atoms with E-state index in [2.05, 4.69) is 31.2 Å². The first kappa shape index (κ1) is 14.7. The molecule has 20 heavy (non-hydrogen) atoms. The highest BCUT2D eigenvalue weighted by atomic mass is 16.5. The Balaban J connectivity index is 1.93. The normalized spacial score (nSPS) is 11.2. The molecule has 0 saturated carbocycles. The lowest BCUT2D eigenvalue weighted by atomic mass is 10.2. The third-order valence-corrected chi connectivity index (χ3v) is 3.13. The topological polar surface area (TPSA) is 52.2 Å². The van der Waals surface area contributed by atoms with Gasteiger partial charge in [0.05, 0.1) is 12.4 Å². The third-order valence-electron chi connectivity index (χ3n) is 3.13.